The van der Waals surface area contributed by atoms with Crippen LogP contribution < -0.4 is 23.2 Å². The summed E-state index contributed by atoms with van der Waals surface area (Å²) >= 11 is 0. The molecule has 0 N–H and O–H groups in total. The number of benzene rings is 1. The Morgan fingerprint density at radius 1 is 0.938 bits per heavy atom. The molecule has 32 heavy (non-hydrogen) atoms. The highest BCUT2D eigenvalue weighted by Crippen LogP contribution is 2.65. The number of rotatable bonds is 5. The molecule has 1 aromatic carbocycles. The summed E-state index contributed by atoms with van der Waals surface area (Å²) in [6.07, 6.45) is 4.27. The third kappa shape index (κ3) is 4.15. The lowest BCUT2D eigenvalue weighted by atomic mass is 9.53. The van der Waals surface area contributed by atoms with Gasteiger partial charge in [0.2, 0.25) is 0 Å². The summed E-state index contributed by atoms with van der Waals surface area (Å²) < 4.78 is 50.0. The van der Waals surface area contributed by atoms with Crippen LogP contribution in [0.2, 0.25) is 19.6 Å². The maximum atomic E-state index is 8.49. The van der Waals surface area contributed by atoms with Crippen LogP contribution in [-0.2, 0) is 9.16 Å². The monoisotopic (exact) mass is 481 g/mol. The lowest BCUT2D eigenvalue weighted by Gasteiger charge is -2.60. The van der Waals surface area contributed by atoms with E-state index in [0.717, 1.165) is 12.8 Å². The summed E-state index contributed by atoms with van der Waals surface area (Å²) in [6.45, 7) is 11.4. The largest absolute Gasteiger partial charge is 0.389 e. The molecular formula is C23H32ClNO6Si. The Labute approximate surface area is 193 Å². The summed E-state index contributed by atoms with van der Waals surface area (Å²) in [5.41, 5.74) is 3.99. The number of halogens is 1. The Hall–Kier alpha value is -1.36. The molecule has 1 aliphatic carbocycles. The number of aromatic nitrogens is 1. The van der Waals surface area contributed by atoms with Gasteiger partial charge in [0.05, 0.1) is 5.41 Å². The van der Waals surface area contributed by atoms with Gasteiger partial charge in [-0.15, -0.1) is 10.2 Å². The van der Waals surface area contributed by atoms with Crippen LogP contribution in [-0.4, -0.2) is 21.2 Å². The number of hydrogen-bond donors (Lipinski definition) is 0. The van der Waals surface area contributed by atoms with E-state index >= 15 is 0 Å². The molecule has 5 rings (SSSR count). The molecule has 1 aromatic heterocycles. The summed E-state index contributed by atoms with van der Waals surface area (Å²) in [4.78, 5) is 0. The molecule has 3 aliphatic rings. The minimum atomic E-state index is -4.94. The fourth-order valence-corrected chi connectivity index (χ4v) is 7.14. The number of pyridine rings is 1. The summed E-state index contributed by atoms with van der Waals surface area (Å²) in [7, 11) is -4.96. The number of methoxy groups -OCH3 is 1. The van der Waals surface area contributed by atoms with Crippen molar-refractivity contribution in [3.05, 3.63) is 65.5 Å². The van der Waals surface area contributed by atoms with Crippen LogP contribution in [0, 0.1) is 15.7 Å². The van der Waals surface area contributed by atoms with E-state index in [1.54, 1.807) is 0 Å². The van der Waals surface area contributed by atoms with E-state index in [9.17, 15) is 0 Å². The number of hydrogen-bond acceptors (Lipinski definition) is 6. The molecule has 176 valence electrons. The zero-order chi connectivity index (χ0) is 23.9. The Kier molecular flexibility index (Phi) is 6.93. The van der Waals surface area contributed by atoms with Crippen molar-refractivity contribution in [2.75, 3.05) is 7.11 Å². The molecule has 2 bridgehead atoms. The highest BCUT2D eigenvalue weighted by Gasteiger charge is 2.73. The van der Waals surface area contributed by atoms with Gasteiger partial charge in [-0.2, -0.15) is 4.57 Å². The van der Waals surface area contributed by atoms with E-state index in [2.05, 4.69) is 86.7 Å². The second kappa shape index (κ2) is 8.77. The number of fused-ring (bicyclic) bond motifs is 1. The van der Waals surface area contributed by atoms with Crippen LogP contribution in [0.25, 0.3) is 0 Å². The van der Waals surface area contributed by atoms with Gasteiger partial charge in [0.1, 0.15) is 5.92 Å². The standard InChI is InChI=1S/C23H32NO2Si.ClHO4/c1-7-22(8-2)21-18-14-10-9-13-17(18)20(19-15-11-12-16-24(19)21)23(22,25-3)26-27(4,5)6;2-1(3,4)5/h9-16,20-21H,7-8H2,1-6H3;(H,2,3,4,5)/q+1;/p-1. The average Bonchev–Trinajstić information content (AvgIpc) is 2.71. The molecule has 0 radical (unpaired) electrons. The minimum absolute atomic E-state index is 0.0801. The molecule has 0 fully saturated rings. The molecule has 3 atom stereocenters. The van der Waals surface area contributed by atoms with Gasteiger partial charge in [-0.3, -0.25) is 0 Å². The van der Waals surface area contributed by atoms with Gasteiger partial charge in [-0.25, -0.2) is 18.6 Å². The molecule has 9 heteroatoms. The molecule has 0 spiro atoms. The smallest absolute Gasteiger partial charge is 0.194 e. The van der Waals surface area contributed by atoms with Crippen LogP contribution in [0.1, 0.15) is 55.5 Å². The predicted octanol–water partition coefficient (Wildman–Crippen LogP) is 0.267. The summed E-state index contributed by atoms with van der Waals surface area (Å²) in [5, 5.41) is 0. The van der Waals surface area contributed by atoms with Crippen molar-refractivity contribution in [3.8, 4) is 0 Å². The molecule has 3 unspecified atom stereocenters. The Bertz CT molecular complexity index is 902. The molecule has 0 amide bonds. The summed E-state index contributed by atoms with van der Waals surface area (Å²) in [6, 6.07) is 15.7. The van der Waals surface area contributed by atoms with Crippen molar-refractivity contribution in [3.63, 3.8) is 0 Å². The number of ether oxygens (including phenoxy) is 1. The average molecular weight is 482 g/mol. The molecule has 2 aliphatic heterocycles. The van der Waals surface area contributed by atoms with Crippen molar-refractivity contribution >= 4 is 8.32 Å². The maximum Gasteiger partial charge on any atom is 0.194 e. The lowest BCUT2D eigenvalue weighted by molar-refractivity contribution is -2.00. The van der Waals surface area contributed by atoms with Crippen LogP contribution >= 0.6 is 0 Å². The molecule has 3 heterocycles. The lowest BCUT2D eigenvalue weighted by Crippen LogP contribution is -2.74. The molecule has 7 nitrogen and oxygen atoms in total. The van der Waals surface area contributed by atoms with E-state index in [-0.39, 0.29) is 17.4 Å². The third-order valence-electron chi connectivity index (χ3n) is 6.72. The van der Waals surface area contributed by atoms with Gasteiger partial charge in [0, 0.05) is 24.8 Å². The van der Waals surface area contributed by atoms with E-state index < -0.39 is 24.3 Å². The Morgan fingerprint density at radius 3 is 1.97 bits per heavy atom. The van der Waals surface area contributed by atoms with Gasteiger partial charge in [-0.05, 0) is 38.0 Å². The highest BCUT2D eigenvalue weighted by atomic mass is 35.7. The van der Waals surface area contributed by atoms with E-state index in [0.29, 0.717) is 0 Å². The first kappa shape index (κ1) is 25.3. The summed E-state index contributed by atoms with van der Waals surface area (Å²) in [5.74, 6) is -0.557. The van der Waals surface area contributed by atoms with Crippen molar-refractivity contribution in [2.45, 2.75) is 64.1 Å². The maximum absolute atomic E-state index is 8.49. The third-order valence-corrected chi connectivity index (χ3v) is 7.63. The van der Waals surface area contributed by atoms with Crippen LogP contribution in [0.15, 0.2) is 48.7 Å². The SMILES string of the molecule is CCC1(CC)C2c3ccccc3C(c3cccc[n+]32)C1(OC)O[Si](C)(C)C.[O-][Cl+3]([O-])([O-])[O-]. The fraction of sp³-hybridized carbons (Fsp3) is 0.522. The highest BCUT2D eigenvalue weighted by molar-refractivity contribution is 6.69. The first-order valence-corrected chi connectivity index (χ1v) is 15.5. The normalized spacial score (nSPS) is 25.4. The van der Waals surface area contributed by atoms with Crippen molar-refractivity contribution in [2.24, 2.45) is 5.41 Å². The van der Waals surface area contributed by atoms with Gasteiger partial charge in [-0.1, -0.05) is 44.2 Å². The Morgan fingerprint density at radius 2 is 1.47 bits per heavy atom. The van der Waals surface area contributed by atoms with Gasteiger partial charge in [0.15, 0.2) is 32.0 Å². The molecule has 2 aromatic rings. The van der Waals surface area contributed by atoms with Crippen LogP contribution in [0.4, 0.5) is 0 Å². The first-order valence-electron chi connectivity index (χ1n) is 10.8. The zero-order valence-corrected chi connectivity index (χ0v) is 21.2. The minimum Gasteiger partial charge on any atom is -0.389 e. The van der Waals surface area contributed by atoms with Crippen molar-refractivity contribution in [1.29, 1.82) is 0 Å². The van der Waals surface area contributed by atoms with Crippen molar-refractivity contribution < 1.29 is 42.6 Å². The Balaban J connectivity index is 0.000000523. The second-order valence-corrected chi connectivity index (χ2v) is 14.5. The van der Waals surface area contributed by atoms with Gasteiger partial charge < -0.3 is 9.16 Å². The second-order valence-electron chi connectivity index (χ2n) is 9.32. The van der Waals surface area contributed by atoms with Gasteiger partial charge in [0.25, 0.3) is 0 Å². The van der Waals surface area contributed by atoms with E-state index in [1.807, 2.05) is 7.11 Å². The molecule has 0 saturated heterocycles. The zero-order valence-electron chi connectivity index (χ0n) is 19.5. The van der Waals surface area contributed by atoms with E-state index in [4.69, 9.17) is 27.8 Å². The molecular weight excluding hydrogens is 450 g/mol. The van der Waals surface area contributed by atoms with Crippen LogP contribution in [0.5, 0.6) is 0 Å². The fourth-order valence-electron chi connectivity index (χ4n) is 5.83. The number of nitrogens with zero attached hydrogens (tertiary/aromatic N) is 1. The van der Waals surface area contributed by atoms with Crippen molar-refractivity contribution in [1.82, 2.24) is 0 Å². The van der Waals surface area contributed by atoms with E-state index in [1.165, 1.54) is 16.8 Å². The quantitative estimate of drug-likeness (QED) is 0.344. The predicted molar refractivity (Wildman–Crippen MR) is 110 cm³/mol. The van der Waals surface area contributed by atoms with Gasteiger partial charge >= 0.3 is 0 Å². The van der Waals surface area contributed by atoms with Crippen LogP contribution in [0.3, 0.4) is 0 Å². The molecule has 0 saturated carbocycles. The topological polar surface area (TPSA) is 115 Å². The first-order chi connectivity index (χ1) is 14.8.